The molecule has 0 saturated carbocycles. The maximum atomic E-state index is 5.22. The van der Waals surface area contributed by atoms with Crippen molar-refractivity contribution < 1.29 is 0 Å². The van der Waals surface area contributed by atoms with Crippen LogP contribution in [0.2, 0.25) is 0 Å². The Bertz CT molecular complexity index is 3190. The fourth-order valence-corrected chi connectivity index (χ4v) is 8.88. The van der Waals surface area contributed by atoms with E-state index < -0.39 is 0 Å². The summed E-state index contributed by atoms with van der Waals surface area (Å²) in [4.78, 5) is 15.5. The summed E-state index contributed by atoms with van der Waals surface area (Å²) in [5, 5.41) is 9.63. The van der Waals surface area contributed by atoms with E-state index in [4.69, 9.17) is 15.0 Å². The minimum absolute atomic E-state index is 0.648. The van der Waals surface area contributed by atoms with Crippen molar-refractivity contribution in [2.75, 3.05) is 0 Å². The molecule has 8 aromatic carbocycles. The molecule has 0 bridgehead atoms. The minimum Gasteiger partial charge on any atom is -0.309 e. The fourth-order valence-electron chi connectivity index (χ4n) is 7.79. The third kappa shape index (κ3) is 4.50. The van der Waals surface area contributed by atoms with Gasteiger partial charge in [-0.05, 0) is 70.8 Å². The minimum atomic E-state index is 0.648. The Hall–Kier alpha value is -6.69. The molecular weight excluding hydrogens is 653 g/mol. The molecule has 242 valence electrons. The maximum absolute atomic E-state index is 5.22. The first-order valence-corrected chi connectivity index (χ1v) is 18.3. The summed E-state index contributed by atoms with van der Waals surface area (Å²) < 4.78 is 4.94. The van der Waals surface area contributed by atoms with Crippen molar-refractivity contribution in [2.45, 2.75) is 0 Å². The van der Waals surface area contributed by atoms with E-state index in [0.29, 0.717) is 17.5 Å². The molecule has 0 aliphatic rings. The first-order chi connectivity index (χ1) is 25.8. The predicted molar refractivity (Wildman–Crippen MR) is 218 cm³/mol. The zero-order valence-corrected chi connectivity index (χ0v) is 28.7. The van der Waals surface area contributed by atoms with Gasteiger partial charge in [-0.3, -0.25) is 0 Å². The standard InChI is InChI=1S/C47H28N4S/c1-2-12-29(13-3-1)45-48-46(32-22-25-44-39(27-32)36-19-9-11-21-43(36)52-44)50-47(49-45)37-23-24-41(34-17-7-6-16-33(34)37)51-40-20-10-8-18-35(40)38-26-30-14-4-5-15-31(30)28-42(38)51/h1-28H. The van der Waals surface area contributed by atoms with Gasteiger partial charge < -0.3 is 4.57 Å². The molecule has 0 unspecified atom stereocenters. The third-order valence-corrected chi connectivity index (χ3v) is 11.4. The van der Waals surface area contributed by atoms with E-state index in [2.05, 4.69) is 156 Å². The van der Waals surface area contributed by atoms with Crippen LogP contribution in [0, 0.1) is 0 Å². The lowest BCUT2D eigenvalue weighted by molar-refractivity contribution is 1.08. The van der Waals surface area contributed by atoms with Gasteiger partial charge in [0.15, 0.2) is 17.5 Å². The van der Waals surface area contributed by atoms with E-state index in [1.807, 2.05) is 29.5 Å². The number of hydrogen-bond acceptors (Lipinski definition) is 4. The molecule has 0 radical (unpaired) electrons. The number of fused-ring (bicyclic) bond motifs is 8. The average Bonchev–Trinajstić information content (AvgIpc) is 3.74. The number of hydrogen-bond donors (Lipinski definition) is 0. The highest BCUT2D eigenvalue weighted by molar-refractivity contribution is 7.25. The molecule has 11 rings (SSSR count). The van der Waals surface area contributed by atoms with Crippen LogP contribution in [0.25, 0.3) is 103 Å². The Morgan fingerprint density at radius 3 is 1.85 bits per heavy atom. The van der Waals surface area contributed by atoms with Crippen LogP contribution in [-0.4, -0.2) is 19.5 Å². The Kier molecular flexibility index (Phi) is 6.39. The predicted octanol–water partition coefficient (Wildman–Crippen LogP) is 12.6. The van der Waals surface area contributed by atoms with Crippen LogP contribution in [0.3, 0.4) is 0 Å². The summed E-state index contributed by atoms with van der Waals surface area (Å²) in [5.74, 6) is 1.96. The van der Waals surface area contributed by atoms with Gasteiger partial charge in [-0.15, -0.1) is 11.3 Å². The second kappa shape index (κ2) is 11.4. The molecule has 0 aliphatic heterocycles. The van der Waals surface area contributed by atoms with Gasteiger partial charge in [0.05, 0.1) is 16.7 Å². The fraction of sp³-hybridized carbons (Fsp3) is 0. The molecule has 3 aromatic heterocycles. The molecule has 52 heavy (non-hydrogen) atoms. The normalized spacial score (nSPS) is 11.8. The number of rotatable bonds is 4. The van der Waals surface area contributed by atoms with Crippen LogP contribution in [-0.2, 0) is 0 Å². The van der Waals surface area contributed by atoms with Crippen molar-refractivity contribution in [3.8, 4) is 39.9 Å². The van der Waals surface area contributed by atoms with Crippen molar-refractivity contribution in [2.24, 2.45) is 0 Å². The summed E-state index contributed by atoms with van der Waals surface area (Å²) in [6.07, 6.45) is 0. The van der Waals surface area contributed by atoms with Crippen LogP contribution in [0.15, 0.2) is 170 Å². The SMILES string of the molecule is c1ccc(-c2nc(-c3ccc4sc5ccccc5c4c3)nc(-c3ccc(-n4c5ccccc5c5cc6ccccc6cc54)c4ccccc34)n2)cc1. The summed E-state index contributed by atoms with van der Waals surface area (Å²) in [6, 6.07) is 60.3. The van der Waals surface area contributed by atoms with Crippen LogP contribution < -0.4 is 0 Å². The van der Waals surface area contributed by atoms with Gasteiger partial charge in [0.1, 0.15) is 0 Å². The van der Waals surface area contributed by atoms with Gasteiger partial charge in [-0.2, -0.15) is 0 Å². The highest BCUT2D eigenvalue weighted by Gasteiger charge is 2.19. The quantitative estimate of drug-likeness (QED) is 0.186. The largest absolute Gasteiger partial charge is 0.309 e. The number of aromatic nitrogens is 4. The van der Waals surface area contributed by atoms with Gasteiger partial charge >= 0.3 is 0 Å². The monoisotopic (exact) mass is 680 g/mol. The van der Waals surface area contributed by atoms with E-state index in [1.54, 1.807) is 0 Å². The van der Waals surface area contributed by atoms with Crippen LogP contribution in [0.5, 0.6) is 0 Å². The van der Waals surface area contributed by atoms with Crippen molar-refractivity contribution in [3.63, 3.8) is 0 Å². The summed E-state index contributed by atoms with van der Waals surface area (Å²) >= 11 is 1.81. The first-order valence-electron chi connectivity index (χ1n) is 17.4. The molecule has 0 amide bonds. The Morgan fingerprint density at radius 1 is 0.365 bits per heavy atom. The summed E-state index contributed by atoms with van der Waals surface area (Å²) in [6.45, 7) is 0. The zero-order chi connectivity index (χ0) is 34.2. The smallest absolute Gasteiger partial charge is 0.164 e. The average molecular weight is 681 g/mol. The zero-order valence-electron chi connectivity index (χ0n) is 27.9. The second-order valence-electron chi connectivity index (χ2n) is 13.2. The number of benzene rings is 8. The third-order valence-electron chi connectivity index (χ3n) is 10.2. The highest BCUT2D eigenvalue weighted by Crippen LogP contribution is 2.40. The van der Waals surface area contributed by atoms with E-state index in [0.717, 1.165) is 33.2 Å². The molecular formula is C47H28N4S. The van der Waals surface area contributed by atoms with E-state index >= 15 is 0 Å². The lowest BCUT2D eigenvalue weighted by atomic mass is 10.0. The van der Waals surface area contributed by atoms with Crippen molar-refractivity contribution >= 4 is 74.9 Å². The van der Waals surface area contributed by atoms with E-state index in [-0.39, 0.29) is 0 Å². The molecule has 5 heteroatoms. The lowest BCUT2D eigenvalue weighted by Gasteiger charge is -2.15. The van der Waals surface area contributed by atoms with Gasteiger partial charge in [0.25, 0.3) is 0 Å². The van der Waals surface area contributed by atoms with E-state index in [9.17, 15) is 0 Å². The van der Waals surface area contributed by atoms with Crippen molar-refractivity contribution in [1.29, 1.82) is 0 Å². The highest BCUT2D eigenvalue weighted by atomic mass is 32.1. The number of nitrogens with zero attached hydrogens (tertiary/aromatic N) is 4. The molecule has 0 atom stereocenters. The topological polar surface area (TPSA) is 43.6 Å². The summed E-state index contributed by atoms with van der Waals surface area (Å²) in [5.41, 5.74) is 6.36. The molecule has 11 aromatic rings. The van der Waals surface area contributed by atoms with Crippen molar-refractivity contribution in [3.05, 3.63) is 170 Å². The van der Waals surface area contributed by atoms with Crippen molar-refractivity contribution in [1.82, 2.24) is 19.5 Å². The molecule has 0 aliphatic carbocycles. The van der Waals surface area contributed by atoms with Gasteiger partial charge in [0.2, 0.25) is 0 Å². The lowest BCUT2D eigenvalue weighted by Crippen LogP contribution is -2.01. The van der Waals surface area contributed by atoms with Crippen LogP contribution >= 0.6 is 11.3 Å². The first kappa shape index (κ1) is 29.1. The van der Waals surface area contributed by atoms with E-state index in [1.165, 1.54) is 52.8 Å². The Morgan fingerprint density at radius 2 is 1.00 bits per heavy atom. The molecule has 0 fully saturated rings. The second-order valence-corrected chi connectivity index (χ2v) is 14.3. The number of thiophene rings is 1. The molecule has 3 heterocycles. The van der Waals surface area contributed by atoms with Gasteiger partial charge in [-0.25, -0.2) is 15.0 Å². The number of para-hydroxylation sites is 1. The van der Waals surface area contributed by atoms with Crippen LogP contribution in [0.4, 0.5) is 0 Å². The maximum Gasteiger partial charge on any atom is 0.164 e. The summed E-state index contributed by atoms with van der Waals surface area (Å²) in [7, 11) is 0. The van der Waals surface area contributed by atoms with Gasteiger partial charge in [-0.1, -0.05) is 115 Å². The van der Waals surface area contributed by atoms with Crippen LogP contribution in [0.1, 0.15) is 0 Å². The Balaban J connectivity index is 1.15. The van der Waals surface area contributed by atoms with Gasteiger partial charge in [0, 0.05) is 53.0 Å². The molecule has 0 N–H and O–H groups in total. The molecule has 4 nitrogen and oxygen atoms in total. The Labute approximate surface area is 302 Å². The molecule has 0 saturated heterocycles. The molecule has 0 spiro atoms.